The van der Waals surface area contributed by atoms with Gasteiger partial charge in [-0.1, -0.05) is 18.2 Å². The van der Waals surface area contributed by atoms with Crippen LogP contribution in [0.25, 0.3) is 0 Å². The molecule has 0 aliphatic heterocycles. The average Bonchev–Trinajstić information content (AvgIpc) is 2.05. The van der Waals surface area contributed by atoms with Crippen molar-refractivity contribution >= 4 is 29.2 Å². The summed E-state index contributed by atoms with van der Waals surface area (Å²) in [7, 11) is 0. The second-order valence-corrected chi connectivity index (χ2v) is 3.78. The first-order valence-corrected chi connectivity index (χ1v) is 5.70. The van der Waals surface area contributed by atoms with Crippen molar-refractivity contribution in [3.05, 3.63) is 0 Å². The minimum atomic E-state index is 0.615. The lowest BCUT2D eigenvalue weighted by atomic mass is 10.4. The minimum absolute atomic E-state index is 0.615. The van der Waals surface area contributed by atoms with Gasteiger partial charge in [-0.15, -0.1) is 0 Å². The van der Waals surface area contributed by atoms with E-state index in [1.165, 1.54) is 0 Å². The molecule has 0 radical (unpaired) electrons. The molecule has 0 heterocycles. The zero-order chi connectivity index (χ0) is 10.7. The maximum Gasteiger partial charge on any atom is 0.0711 e. The molecule has 0 fully saturated rings. The van der Waals surface area contributed by atoms with Gasteiger partial charge in [0, 0.05) is 13.1 Å². The number of nitrogens with zero attached hydrogens (tertiary/aromatic N) is 1. The fraction of sp³-hybridized carbons (Fsp3) is 0.889. The fourth-order valence-corrected chi connectivity index (χ4v) is 1.20. The quantitative estimate of drug-likeness (QED) is 0.572. The van der Waals surface area contributed by atoms with Crippen LogP contribution < -0.4 is 5.73 Å². The molecule has 0 aliphatic carbocycles. The Hall–Kier alpha value is 0.0700. The molecule has 0 aromatic carbocycles. The van der Waals surface area contributed by atoms with E-state index in [1.54, 1.807) is 0 Å². The van der Waals surface area contributed by atoms with Crippen molar-refractivity contribution in [3.8, 4) is 0 Å². The normalized spacial score (nSPS) is 8.62. The standard InChI is InChI=1S/C7H15NS2.C2H7N/c1-3-5-8(6-4-2)7(9)10;1-2-3/h3-6H2,1-2H3,(H,9,10);2-3H2,1H3. The van der Waals surface area contributed by atoms with Crippen LogP contribution in [0.2, 0.25) is 0 Å². The molecule has 0 saturated carbocycles. The molecular formula is C9H22N2S2. The summed E-state index contributed by atoms with van der Waals surface area (Å²) >= 11 is 9.78. The van der Waals surface area contributed by atoms with Crippen LogP contribution in [-0.2, 0) is 12.6 Å². The summed E-state index contributed by atoms with van der Waals surface area (Å²) in [5, 5.41) is 0. The van der Waals surface area contributed by atoms with E-state index in [9.17, 15) is 0 Å². The molecule has 0 bridgehead atoms. The van der Waals surface area contributed by atoms with Crippen LogP contribution >= 0.6 is 12.2 Å². The van der Waals surface area contributed by atoms with Gasteiger partial charge in [0.1, 0.15) is 0 Å². The lowest BCUT2D eigenvalue weighted by Gasteiger charge is -2.27. The van der Waals surface area contributed by atoms with Gasteiger partial charge >= 0.3 is 0 Å². The molecule has 3 N–H and O–H groups in total. The van der Waals surface area contributed by atoms with Crippen molar-refractivity contribution in [2.24, 2.45) is 0 Å². The minimum Gasteiger partial charge on any atom is -0.411 e. The predicted molar refractivity (Wildman–Crippen MR) is 65.5 cm³/mol. The number of hydrogen-bond acceptors (Lipinski definition) is 2. The van der Waals surface area contributed by atoms with E-state index in [-0.39, 0.29) is 0 Å². The van der Waals surface area contributed by atoms with Gasteiger partial charge in [-0.3, -0.25) is 0 Å². The summed E-state index contributed by atoms with van der Waals surface area (Å²) in [5.41, 5.74) is 3.49. The Kier molecular flexibility index (Phi) is 14.4. The third-order valence-electron chi connectivity index (χ3n) is 1.25. The van der Waals surface area contributed by atoms with Crippen molar-refractivity contribution in [1.29, 1.82) is 0 Å². The van der Waals surface area contributed by atoms with Gasteiger partial charge in [0.2, 0.25) is 0 Å². The summed E-state index contributed by atoms with van der Waals surface area (Å²) in [6.45, 7) is 9.30. The van der Waals surface area contributed by atoms with Crippen molar-refractivity contribution in [3.63, 3.8) is 0 Å². The third kappa shape index (κ3) is 12.1. The summed E-state index contributed by atoms with van der Waals surface area (Å²) < 4.78 is 0.615. The summed E-state index contributed by atoms with van der Waals surface area (Å²) in [6, 6.07) is 0. The number of quaternary nitrogens is 1. The predicted octanol–water partition coefficient (Wildman–Crippen LogP) is 1.19. The van der Waals surface area contributed by atoms with Crippen LogP contribution in [0.1, 0.15) is 33.6 Å². The molecule has 0 aliphatic rings. The molecule has 0 rings (SSSR count). The average molecular weight is 222 g/mol. The zero-order valence-electron chi connectivity index (χ0n) is 9.01. The molecule has 0 saturated heterocycles. The van der Waals surface area contributed by atoms with Gasteiger partial charge in [-0.25, -0.2) is 0 Å². The largest absolute Gasteiger partial charge is 0.411 e. The smallest absolute Gasteiger partial charge is 0.0711 e. The highest BCUT2D eigenvalue weighted by atomic mass is 32.1. The molecule has 2 nitrogen and oxygen atoms in total. The van der Waals surface area contributed by atoms with Crippen molar-refractivity contribution < 1.29 is 5.73 Å². The van der Waals surface area contributed by atoms with Crippen molar-refractivity contribution in [2.45, 2.75) is 33.6 Å². The Bertz CT molecular complexity index is 112. The van der Waals surface area contributed by atoms with Gasteiger partial charge in [-0.2, -0.15) is 0 Å². The Labute approximate surface area is 93.3 Å². The number of thiocarbonyl (C=S) groups is 1. The monoisotopic (exact) mass is 222 g/mol. The fourth-order valence-electron chi connectivity index (χ4n) is 0.834. The SMILES string of the molecule is CCCN(CCC)C(=S)[S-].CC[NH3+]. The van der Waals surface area contributed by atoms with E-state index in [2.05, 4.69) is 24.5 Å². The highest BCUT2D eigenvalue weighted by Crippen LogP contribution is 1.95. The molecule has 0 spiro atoms. The van der Waals surface area contributed by atoms with Gasteiger partial charge in [0.05, 0.1) is 6.54 Å². The van der Waals surface area contributed by atoms with Crippen LogP contribution in [0, 0.1) is 0 Å². The van der Waals surface area contributed by atoms with Crippen LogP contribution in [0.3, 0.4) is 0 Å². The molecule has 0 aromatic heterocycles. The van der Waals surface area contributed by atoms with E-state index in [1.807, 2.05) is 6.92 Å². The van der Waals surface area contributed by atoms with Gasteiger partial charge in [-0.05, 0) is 19.8 Å². The van der Waals surface area contributed by atoms with Gasteiger partial charge < -0.3 is 35.5 Å². The topological polar surface area (TPSA) is 30.9 Å². The molecule has 0 aromatic rings. The van der Waals surface area contributed by atoms with Crippen molar-refractivity contribution in [2.75, 3.05) is 19.6 Å². The van der Waals surface area contributed by atoms with Gasteiger partial charge in [0.15, 0.2) is 0 Å². The Morgan fingerprint density at radius 3 is 1.69 bits per heavy atom. The molecule has 13 heavy (non-hydrogen) atoms. The maximum absolute atomic E-state index is 4.89. The summed E-state index contributed by atoms with van der Waals surface area (Å²) in [4.78, 5) is 2.07. The lowest BCUT2D eigenvalue weighted by molar-refractivity contribution is -0.361. The zero-order valence-corrected chi connectivity index (χ0v) is 10.6. The second kappa shape index (κ2) is 12.1. The third-order valence-corrected chi connectivity index (χ3v) is 1.76. The first-order chi connectivity index (χ1) is 6.13. The summed E-state index contributed by atoms with van der Waals surface area (Å²) in [5.74, 6) is 0. The van der Waals surface area contributed by atoms with Crippen molar-refractivity contribution in [1.82, 2.24) is 4.90 Å². The van der Waals surface area contributed by atoms with Gasteiger partial charge in [0.25, 0.3) is 0 Å². The van der Waals surface area contributed by atoms with Crippen LogP contribution in [0.4, 0.5) is 0 Å². The first kappa shape index (κ1) is 15.5. The van der Waals surface area contributed by atoms with E-state index in [0.717, 1.165) is 32.5 Å². The Morgan fingerprint density at radius 1 is 1.23 bits per heavy atom. The van der Waals surface area contributed by atoms with Crippen LogP contribution in [-0.4, -0.2) is 28.9 Å². The number of rotatable bonds is 4. The van der Waals surface area contributed by atoms with Crippen LogP contribution in [0.5, 0.6) is 0 Å². The Balaban J connectivity index is 0. The van der Waals surface area contributed by atoms with E-state index in [4.69, 9.17) is 24.8 Å². The highest BCUT2D eigenvalue weighted by Gasteiger charge is 1.95. The van der Waals surface area contributed by atoms with Crippen LogP contribution in [0.15, 0.2) is 0 Å². The lowest BCUT2D eigenvalue weighted by Crippen LogP contribution is -2.48. The molecule has 0 atom stereocenters. The Morgan fingerprint density at radius 2 is 1.54 bits per heavy atom. The highest BCUT2D eigenvalue weighted by molar-refractivity contribution is 8.00. The molecule has 4 heteroatoms. The molecule has 0 unspecified atom stereocenters. The first-order valence-electron chi connectivity index (χ1n) is 4.89. The summed E-state index contributed by atoms with van der Waals surface area (Å²) in [6.07, 6.45) is 2.24. The second-order valence-electron chi connectivity index (χ2n) is 2.75. The maximum atomic E-state index is 4.89. The van der Waals surface area contributed by atoms with E-state index >= 15 is 0 Å². The number of hydrogen-bond donors (Lipinski definition) is 1. The molecule has 0 amide bonds. The molecular weight excluding hydrogens is 200 g/mol. The van der Waals surface area contributed by atoms with E-state index < -0.39 is 0 Å². The molecule has 80 valence electrons. The van der Waals surface area contributed by atoms with E-state index in [0.29, 0.717) is 4.32 Å².